The van der Waals surface area contributed by atoms with Crippen molar-refractivity contribution in [2.24, 2.45) is 5.92 Å². The van der Waals surface area contributed by atoms with Crippen LogP contribution in [0.1, 0.15) is 17.9 Å². The van der Waals surface area contributed by atoms with E-state index in [1.807, 2.05) is 30.3 Å². The number of para-hydroxylation sites is 1. The number of pyridine rings is 1. The molecule has 1 saturated carbocycles. The van der Waals surface area contributed by atoms with Crippen LogP contribution in [0.15, 0.2) is 55.2 Å². The average molecular weight is 335 g/mol. The van der Waals surface area contributed by atoms with Crippen LogP contribution in [0.2, 0.25) is 0 Å². The highest BCUT2D eigenvalue weighted by molar-refractivity contribution is 5.95. The molecule has 0 unspecified atom stereocenters. The number of methoxy groups -OCH3 is 1. The van der Waals surface area contributed by atoms with Crippen LogP contribution in [-0.4, -0.2) is 32.8 Å². The monoisotopic (exact) mass is 335 g/mol. The number of nitrogens with zero attached hydrogens (tertiary/aromatic N) is 4. The van der Waals surface area contributed by atoms with Crippen LogP contribution in [0.25, 0.3) is 5.82 Å². The summed E-state index contributed by atoms with van der Waals surface area (Å²) in [5.41, 5.74) is 1.75. The highest BCUT2D eigenvalue weighted by Gasteiger charge is 2.45. The number of carbonyl (C=O) groups is 1. The van der Waals surface area contributed by atoms with Crippen molar-refractivity contribution in [3.05, 3.63) is 60.8 Å². The van der Waals surface area contributed by atoms with Crippen LogP contribution in [0.5, 0.6) is 5.75 Å². The van der Waals surface area contributed by atoms with Gasteiger partial charge in [0, 0.05) is 5.92 Å². The predicted molar refractivity (Wildman–Crippen MR) is 91.6 cm³/mol. The van der Waals surface area contributed by atoms with E-state index in [1.54, 1.807) is 30.4 Å². The number of hydrogen-bond donors (Lipinski definition) is 1. The second-order valence-corrected chi connectivity index (χ2v) is 5.93. The number of hydrogen-bond acceptors (Lipinski definition) is 5. The van der Waals surface area contributed by atoms with Gasteiger partial charge >= 0.3 is 0 Å². The molecule has 2 atom stereocenters. The van der Waals surface area contributed by atoms with Gasteiger partial charge in [0.05, 0.1) is 19.0 Å². The maximum atomic E-state index is 12.5. The maximum Gasteiger partial charge on any atom is 0.228 e. The summed E-state index contributed by atoms with van der Waals surface area (Å²) in [6.45, 7) is 0. The fraction of sp³-hybridized carbons (Fsp3) is 0.222. The highest BCUT2D eigenvalue weighted by atomic mass is 16.5. The van der Waals surface area contributed by atoms with Gasteiger partial charge in [0.25, 0.3) is 0 Å². The van der Waals surface area contributed by atoms with Crippen molar-refractivity contribution in [3.8, 4) is 11.6 Å². The molecule has 4 rings (SSSR count). The Morgan fingerprint density at radius 3 is 2.88 bits per heavy atom. The zero-order chi connectivity index (χ0) is 17.2. The Balaban J connectivity index is 1.41. The first kappa shape index (κ1) is 15.3. The Bertz CT molecular complexity index is 877. The lowest BCUT2D eigenvalue weighted by molar-refractivity contribution is -0.117. The molecule has 126 valence electrons. The molecule has 3 aromatic rings. The summed E-state index contributed by atoms with van der Waals surface area (Å²) >= 11 is 0. The van der Waals surface area contributed by atoms with Gasteiger partial charge in [0.2, 0.25) is 5.91 Å². The first-order chi connectivity index (χ1) is 12.3. The van der Waals surface area contributed by atoms with Crippen molar-refractivity contribution in [3.63, 3.8) is 0 Å². The SMILES string of the molecule is COc1ccccc1[C@H]1C[C@@H]1C(=O)Nc1ccc(-n2cncn2)nc1. The summed E-state index contributed by atoms with van der Waals surface area (Å²) in [5.74, 6) is 1.66. The second kappa shape index (κ2) is 6.35. The molecule has 1 N–H and O–H groups in total. The highest BCUT2D eigenvalue weighted by Crippen LogP contribution is 2.50. The fourth-order valence-corrected chi connectivity index (χ4v) is 2.96. The molecule has 7 heteroatoms. The van der Waals surface area contributed by atoms with Gasteiger partial charge in [0.1, 0.15) is 18.4 Å². The Morgan fingerprint density at radius 1 is 1.28 bits per heavy atom. The van der Waals surface area contributed by atoms with Crippen LogP contribution in [0.4, 0.5) is 5.69 Å². The number of benzene rings is 1. The van der Waals surface area contributed by atoms with Crippen molar-refractivity contribution in [1.82, 2.24) is 19.7 Å². The van der Waals surface area contributed by atoms with Crippen LogP contribution in [0, 0.1) is 5.92 Å². The lowest BCUT2D eigenvalue weighted by Gasteiger charge is -2.08. The third-order valence-electron chi connectivity index (χ3n) is 4.33. The molecule has 2 aromatic heterocycles. The standard InChI is InChI=1S/C18H17N5O2/c1-25-16-5-3-2-4-13(16)14-8-15(14)18(24)22-12-6-7-17(20-9-12)23-11-19-10-21-23/h2-7,9-11,14-15H,8H2,1H3,(H,22,24)/t14-,15+/m1/s1. The largest absolute Gasteiger partial charge is 0.496 e. The first-order valence-electron chi connectivity index (χ1n) is 8.01. The summed E-state index contributed by atoms with van der Waals surface area (Å²) in [7, 11) is 1.65. The Kier molecular flexibility index (Phi) is 3.89. The van der Waals surface area contributed by atoms with E-state index < -0.39 is 0 Å². The van der Waals surface area contributed by atoms with Gasteiger partial charge in [-0.25, -0.2) is 14.6 Å². The summed E-state index contributed by atoms with van der Waals surface area (Å²) in [5, 5.41) is 6.95. The average Bonchev–Trinajstić information content (AvgIpc) is 3.27. The number of amides is 1. The number of ether oxygens (including phenoxy) is 1. The zero-order valence-corrected chi connectivity index (χ0v) is 13.7. The zero-order valence-electron chi connectivity index (χ0n) is 13.7. The number of anilines is 1. The summed E-state index contributed by atoms with van der Waals surface area (Å²) in [4.78, 5) is 20.6. The number of carbonyl (C=O) groups excluding carboxylic acids is 1. The van der Waals surface area contributed by atoms with Gasteiger partial charge in [-0.05, 0) is 36.1 Å². The maximum absolute atomic E-state index is 12.5. The molecule has 1 amide bonds. The molecule has 1 aliphatic carbocycles. The Hall–Kier alpha value is -3.22. The topological polar surface area (TPSA) is 81.9 Å². The molecular formula is C18H17N5O2. The lowest BCUT2D eigenvalue weighted by Crippen LogP contribution is -2.15. The number of rotatable bonds is 5. The van der Waals surface area contributed by atoms with E-state index in [4.69, 9.17) is 4.74 Å². The second-order valence-electron chi connectivity index (χ2n) is 5.93. The van der Waals surface area contributed by atoms with E-state index in [-0.39, 0.29) is 17.7 Å². The van der Waals surface area contributed by atoms with Crippen molar-refractivity contribution >= 4 is 11.6 Å². The van der Waals surface area contributed by atoms with E-state index in [1.165, 1.54) is 6.33 Å². The minimum Gasteiger partial charge on any atom is -0.496 e. The van der Waals surface area contributed by atoms with E-state index in [0.29, 0.717) is 11.5 Å². The molecule has 0 spiro atoms. The van der Waals surface area contributed by atoms with Crippen molar-refractivity contribution in [2.75, 3.05) is 12.4 Å². The Morgan fingerprint density at radius 2 is 2.16 bits per heavy atom. The molecule has 0 bridgehead atoms. The van der Waals surface area contributed by atoms with Crippen LogP contribution >= 0.6 is 0 Å². The molecule has 7 nitrogen and oxygen atoms in total. The molecule has 0 saturated heterocycles. The minimum absolute atomic E-state index is 0.00575. The van der Waals surface area contributed by atoms with E-state index in [0.717, 1.165) is 17.7 Å². The molecular weight excluding hydrogens is 318 g/mol. The molecule has 1 fully saturated rings. The van der Waals surface area contributed by atoms with Crippen molar-refractivity contribution in [1.29, 1.82) is 0 Å². The van der Waals surface area contributed by atoms with Crippen LogP contribution in [0.3, 0.4) is 0 Å². The molecule has 1 aromatic carbocycles. The number of aromatic nitrogens is 4. The predicted octanol–water partition coefficient (Wildman–Crippen LogP) is 2.41. The van der Waals surface area contributed by atoms with Gasteiger partial charge in [-0.15, -0.1) is 0 Å². The fourth-order valence-electron chi connectivity index (χ4n) is 2.96. The third kappa shape index (κ3) is 3.08. The van der Waals surface area contributed by atoms with Crippen molar-refractivity contribution < 1.29 is 9.53 Å². The minimum atomic E-state index is -0.0358. The van der Waals surface area contributed by atoms with Crippen LogP contribution in [-0.2, 0) is 4.79 Å². The van der Waals surface area contributed by atoms with E-state index >= 15 is 0 Å². The number of nitrogens with one attached hydrogen (secondary N) is 1. The third-order valence-corrected chi connectivity index (χ3v) is 4.33. The lowest BCUT2D eigenvalue weighted by atomic mass is 10.1. The summed E-state index contributed by atoms with van der Waals surface area (Å²) in [6, 6.07) is 11.4. The van der Waals surface area contributed by atoms with Crippen LogP contribution < -0.4 is 10.1 Å². The van der Waals surface area contributed by atoms with E-state index in [2.05, 4.69) is 20.4 Å². The summed E-state index contributed by atoms with van der Waals surface area (Å²) < 4.78 is 6.95. The smallest absolute Gasteiger partial charge is 0.228 e. The quantitative estimate of drug-likeness (QED) is 0.774. The van der Waals surface area contributed by atoms with Gasteiger partial charge in [0.15, 0.2) is 5.82 Å². The molecule has 1 aliphatic rings. The summed E-state index contributed by atoms with van der Waals surface area (Å²) in [6.07, 6.45) is 5.47. The normalized spacial score (nSPS) is 18.6. The first-order valence-corrected chi connectivity index (χ1v) is 8.01. The van der Waals surface area contributed by atoms with E-state index in [9.17, 15) is 4.79 Å². The van der Waals surface area contributed by atoms with Gasteiger partial charge in [-0.2, -0.15) is 5.10 Å². The van der Waals surface area contributed by atoms with Gasteiger partial charge in [-0.3, -0.25) is 4.79 Å². The Labute approximate surface area is 144 Å². The van der Waals surface area contributed by atoms with Gasteiger partial charge in [-0.1, -0.05) is 18.2 Å². The molecule has 0 aliphatic heterocycles. The molecule has 2 heterocycles. The van der Waals surface area contributed by atoms with Crippen molar-refractivity contribution in [2.45, 2.75) is 12.3 Å². The molecule has 0 radical (unpaired) electrons. The molecule has 25 heavy (non-hydrogen) atoms. The van der Waals surface area contributed by atoms with Gasteiger partial charge < -0.3 is 10.1 Å².